The van der Waals surface area contributed by atoms with Crippen molar-refractivity contribution in [2.45, 2.75) is 44.3 Å². The van der Waals surface area contributed by atoms with Crippen molar-refractivity contribution in [3.05, 3.63) is 18.2 Å². The zero-order valence-corrected chi connectivity index (χ0v) is 12.2. The third kappa shape index (κ3) is 1.31. The van der Waals surface area contributed by atoms with Gasteiger partial charge in [-0.15, -0.1) is 0 Å². The van der Waals surface area contributed by atoms with E-state index >= 15 is 0 Å². The van der Waals surface area contributed by atoms with E-state index in [1.807, 2.05) is 18.1 Å². The van der Waals surface area contributed by atoms with E-state index in [0.29, 0.717) is 17.9 Å². The predicted molar refractivity (Wildman–Crippen MR) is 75.1 cm³/mol. The molecule has 0 bridgehead atoms. The zero-order chi connectivity index (χ0) is 13.9. The summed E-state index contributed by atoms with van der Waals surface area (Å²) in [5.74, 6) is 1.98. The number of rotatable bonds is 2. The van der Waals surface area contributed by atoms with Gasteiger partial charge in [0.25, 0.3) is 0 Å². The number of carbonyl (C=O) groups excluding carboxylic acids is 1. The monoisotopic (exact) mass is 274 g/mol. The molecule has 3 aliphatic heterocycles. The molecule has 5 heteroatoms. The highest BCUT2D eigenvalue weighted by Gasteiger charge is 2.65. The average molecular weight is 274 g/mol. The quantitative estimate of drug-likeness (QED) is 0.815. The van der Waals surface area contributed by atoms with Crippen LogP contribution in [0.3, 0.4) is 0 Å². The molecule has 108 valence electrons. The number of aryl methyl sites for hydroxylation is 1. The Kier molecular flexibility index (Phi) is 2.52. The van der Waals surface area contributed by atoms with Gasteiger partial charge in [0, 0.05) is 45.0 Å². The number of nitrogens with zero attached hydrogens (tertiary/aromatic N) is 4. The number of carbonyl (C=O) groups is 1. The molecule has 0 unspecified atom stereocenters. The molecule has 3 saturated heterocycles. The molecule has 1 spiro atoms. The van der Waals surface area contributed by atoms with Crippen LogP contribution in [0.5, 0.6) is 0 Å². The van der Waals surface area contributed by atoms with E-state index in [9.17, 15) is 4.79 Å². The summed E-state index contributed by atoms with van der Waals surface area (Å²) in [6.45, 7) is 5.06. The first-order valence-corrected chi connectivity index (χ1v) is 7.72. The van der Waals surface area contributed by atoms with Crippen LogP contribution in [0.15, 0.2) is 12.4 Å². The van der Waals surface area contributed by atoms with Crippen LogP contribution < -0.4 is 0 Å². The Morgan fingerprint density at radius 3 is 3.15 bits per heavy atom. The van der Waals surface area contributed by atoms with E-state index < -0.39 is 0 Å². The summed E-state index contributed by atoms with van der Waals surface area (Å²) in [5, 5.41) is 0. The lowest BCUT2D eigenvalue weighted by molar-refractivity contribution is -0.135. The fourth-order valence-electron chi connectivity index (χ4n) is 4.83. The van der Waals surface area contributed by atoms with E-state index in [4.69, 9.17) is 0 Å². The molecule has 0 saturated carbocycles. The van der Waals surface area contributed by atoms with Crippen LogP contribution in [0.2, 0.25) is 0 Å². The molecular weight excluding hydrogens is 252 g/mol. The molecule has 0 N–H and O–H groups in total. The number of likely N-dealkylation sites (N-methyl/N-ethyl adjacent to an activating group) is 1. The molecule has 1 aromatic rings. The summed E-state index contributed by atoms with van der Waals surface area (Å²) in [7, 11) is 1.95. The van der Waals surface area contributed by atoms with E-state index in [0.717, 1.165) is 44.7 Å². The molecule has 20 heavy (non-hydrogen) atoms. The van der Waals surface area contributed by atoms with Gasteiger partial charge in [-0.2, -0.15) is 0 Å². The lowest BCUT2D eigenvalue weighted by Crippen LogP contribution is -2.49. The van der Waals surface area contributed by atoms with E-state index in [1.165, 1.54) is 0 Å². The van der Waals surface area contributed by atoms with Gasteiger partial charge in [-0.25, -0.2) is 4.98 Å². The van der Waals surface area contributed by atoms with Crippen LogP contribution in [-0.4, -0.2) is 50.9 Å². The van der Waals surface area contributed by atoms with Crippen molar-refractivity contribution in [2.75, 3.05) is 20.1 Å². The molecule has 3 aliphatic rings. The lowest BCUT2D eigenvalue weighted by Gasteiger charge is -2.32. The summed E-state index contributed by atoms with van der Waals surface area (Å²) in [6.07, 6.45) is 7.19. The number of hydrogen-bond acceptors (Lipinski definition) is 3. The smallest absolute Gasteiger partial charge is 0.243 e. The van der Waals surface area contributed by atoms with E-state index in [2.05, 4.69) is 27.6 Å². The van der Waals surface area contributed by atoms with Crippen molar-refractivity contribution in [1.82, 2.24) is 19.4 Å². The summed E-state index contributed by atoms with van der Waals surface area (Å²) >= 11 is 0. The minimum atomic E-state index is -0.204. The van der Waals surface area contributed by atoms with Crippen LogP contribution in [0.4, 0.5) is 0 Å². The first-order valence-electron chi connectivity index (χ1n) is 7.72. The van der Waals surface area contributed by atoms with Gasteiger partial charge in [-0.05, 0) is 26.2 Å². The summed E-state index contributed by atoms with van der Waals surface area (Å²) in [4.78, 5) is 21.7. The molecule has 1 amide bonds. The predicted octanol–water partition coefficient (Wildman–Crippen LogP) is 1.27. The standard InChI is InChI=1S/C15H22N4O/c1-3-18-8-6-16-13(18)12-9-11-10-17(2)14(20)15(11)5-4-7-19(12)15/h6,8,11-12H,3-5,7,9-10H2,1-2H3/t11-,12-,15-/m0/s1. The molecule has 0 aliphatic carbocycles. The van der Waals surface area contributed by atoms with Crippen molar-refractivity contribution < 1.29 is 4.79 Å². The largest absolute Gasteiger partial charge is 0.344 e. The number of hydrogen-bond donors (Lipinski definition) is 0. The third-order valence-corrected chi connectivity index (χ3v) is 5.63. The molecule has 3 atom stereocenters. The second-order valence-electron chi connectivity index (χ2n) is 6.43. The molecular formula is C15H22N4O. The SMILES string of the molecule is CCn1ccnc1[C@@H]1C[C@H]2CN(C)C(=O)[C@]23CCCN13. The molecule has 4 heterocycles. The van der Waals surface area contributed by atoms with E-state index in [-0.39, 0.29) is 5.54 Å². The van der Waals surface area contributed by atoms with Crippen LogP contribution in [0.1, 0.15) is 38.1 Å². The topological polar surface area (TPSA) is 41.4 Å². The number of aromatic nitrogens is 2. The highest BCUT2D eigenvalue weighted by Crippen LogP contribution is 2.55. The van der Waals surface area contributed by atoms with Crippen LogP contribution in [0.25, 0.3) is 0 Å². The van der Waals surface area contributed by atoms with Gasteiger partial charge >= 0.3 is 0 Å². The zero-order valence-electron chi connectivity index (χ0n) is 12.2. The summed E-state index contributed by atoms with van der Waals surface area (Å²) in [6, 6.07) is 0.329. The third-order valence-electron chi connectivity index (χ3n) is 5.63. The van der Waals surface area contributed by atoms with E-state index in [1.54, 1.807) is 0 Å². The Balaban J connectivity index is 1.75. The highest BCUT2D eigenvalue weighted by molar-refractivity contribution is 5.90. The van der Waals surface area contributed by atoms with Gasteiger partial charge in [-0.3, -0.25) is 9.69 Å². The Bertz CT molecular complexity index is 554. The van der Waals surface area contributed by atoms with Gasteiger partial charge in [0.2, 0.25) is 5.91 Å². The molecule has 0 aromatic carbocycles. The van der Waals surface area contributed by atoms with Gasteiger partial charge in [0.05, 0.1) is 6.04 Å². The maximum atomic E-state index is 12.7. The maximum absolute atomic E-state index is 12.7. The highest BCUT2D eigenvalue weighted by atomic mass is 16.2. The second-order valence-corrected chi connectivity index (χ2v) is 6.43. The number of imidazole rings is 1. The van der Waals surface area contributed by atoms with Gasteiger partial charge in [0.15, 0.2) is 0 Å². The van der Waals surface area contributed by atoms with Gasteiger partial charge in [0.1, 0.15) is 11.4 Å². The van der Waals surface area contributed by atoms with Crippen LogP contribution in [0, 0.1) is 5.92 Å². The molecule has 4 rings (SSSR count). The van der Waals surface area contributed by atoms with Crippen molar-refractivity contribution in [3.8, 4) is 0 Å². The molecule has 5 nitrogen and oxygen atoms in total. The normalized spacial score (nSPS) is 36.7. The molecule has 1 aromatic heterocycles. The summed E-state index contributed by atoms with van der Waals surface area (Å²) in [5.41, 5.74) is -0.204. The van der Waals surface area contributed by atoms with Crippen LogP contribution in [-0.2, 0) is 11.3 Å². The minimum Gasteiger partial charge on any atom is -0.344 e. The second kappa shape index (κ2) is 4.07. The Morgan fingerprint density at radius 1 is 1.50 bits per heavy atom. The fourth-order valence-corrected chi connectivity index (χ4v) is 4.83. The van der Waals surface area contributed by atoms with Crippen molar-refractivity contribution in [2.24, 2.45) is 5.92 Å². The Labute approximate surface area is 119 Å². The minimum absolute atomic E-state index is 0.204. The average Bonchev–Trinajstić information content (AvgIpc) is 3.15. The fraction of sp³-hybridized carbons (Fsp3) is 0.733. The van der Waals surface area contributed by atoms with Crippen LogP contribution >= 0.6 is 0 Å². The number of likely N-dealkylation sites (tertiary alicyclic amines) is 1. The van der Waals surface area contributed by atoms with Crippen molar-refractivity contribution in [3.63, 3.8) is 0 Å². The number of amides is 1. The lowest BCUT2D eigenvalue weighted by atomic mass is 9.85. The first kappa shape index (κ1) is 12.4. The van der Waals surface area contributed by atoms with Crippen molar-refractivity contribution >= 4 is 5.91 Å². The maximum Gasteiger partial charge on any atom is 0.243 e. The first-order chi connectivity index (χ1) is 9.68. The molecule has 0 radical (unpaired) electrons. The summed E-state index contributed by atoms with van der Waals surface area (Å²) < 4.78 is 2.23. The van der Waals surface area contributed by atoms with Gasteiger partial charge < -0.3 is 9.47 Å². The van der Waals surface area contributed by atoms with Crippen molar-refractivity contribution in [1.29, 1.82) is 0 Å². The molecule has 3 fully saturated rings. The van der Waals surface area contributed by atoms with Gasteiger partial charge in [-0.1, -0.05) is 0 Å². The Hall–Kier alpha value is -1.36. The Morgan fingerprint density at radius 2 is 2.35 bits per heavy atom.